The summed E-state index contributed by atoms with van der Waals surface area (Å²) in [4.78, 5) is 14.8. The molecule has 0 radical (unpaired) electrons. The van der Waals surface area contributed by atoms with Gasteiger partial charge in [0, 0.05) is 23.9 Å². The molecule has 2 heteroatoms. The minimum atomic E-state index is -0.0768. The highest BCUT2D eigenvalue weighted by Gasteiger charge is 2.39. The zero-order valence-electron chi connectivity index (χ0n) is 11.8. The summed E-state index contributed by atoms with van der Waals surface area (Å²) < 4.78 is 0. The summed E-state index contributed by atoms with van der Waals surface area (Å²) in [6.07, 6.45) is 6.16. The summed E-state index contributed by atoms with van der Waals surface area (Å²) in [6.45, 7) is 7.52. The van der Waals surface area contributed by atoms with Crippen LogP contribution in [0.5, 0.6) is 0 Å². The Kier molecular flexibility index (Phi) is 3.63. The van der Waals surface area contributed by atoms with Crippen LogP contribution in [-0.2, 0) is 4.79 Å². The van der Waals surface area contributed by atoms with Gasteiger partial charge in [-0.1, -0.05) is 20.3 Å². The maximum absolute atomic E-state index is 12.4. The quantitative estimate of drug-likeness (QED) is 0.749. The number of hydrogen-bond acceptors (Lipinski definition) is 2. The van der Waals surface area contributed by atoms with Gasteiger partial charge in [0.2, 0.25) is 0 Å². The summed E-state index contributed by atoms with van der Waals surface area (Å²) in [7, 11) is 2.19. The van der Waals surface area contributed by atoms with Gasteiger partial charge < -0.3 is 4.90 Å². The average Bonchev–Trinajstić information content (AvgIpc) is 3.07. The minimum Gasteiger partial charge on any atom is -0.303 e. The molecule has 2 saturated carbocycles. The Balaban J connectivity index is 1.91. The van der Waals surface area contributed by atoms with Crippen molar-refractivity contribution in [2.24, 2.45) is 17.3 Å². The van der Waals surface area contributed by atoms with Crippen molar-refractivity contribution < 1.29 is 4.79 Å². The van der Waals surface area contributed by atoms with Crippen LogP contribution in [0.1, 0.15) is 52.9 Å². The molecule has 0 bridgehead atoms. The molecule has 0 aromatic heterocycles. The van der Waals surface area contributed by atoms with Gasteiger partial charge in [-0.25, -0.2) is 0 Å². The van der Waals surface area contributed by atoms with E-state index in [1.165, 1.54) is 19.3 Å². The van der Waals surface area contributed by atoms with Gasteiger partial charge in [0.25, 0.3) is 0 Å². The standard InChI is InChI=1S/C15H27NO/c1-11(12-7-8-12)16(4)10-13-6-5-9-15(2,3)14(13)17/h11-13H,5-10H2,1-4H3. The molecular weight excluding hydrogens is 210 g/mol. The first-order chi connectivity index (χ1) is 7.92. The predicted molar refractivity (Wildman–Crippen MR) is 70.9 cm³/mol. The van der Waals surface area contributed by atoms with Crippen LogP contribution in [0.4, 0.5) is 0 Å². The van der Waals surface area contributed by atoms with Gasteiger partial charge in [-0.15, -0.1) is 0 Å². The molecule has 2 rings (SSSR count). The maximum Gasteiger partial charge on any atom is 0.142 e. The van der Waals surface area contributed by atoms with Gasteiger partial charge in [-0.3, -0.25) is 4.79 Å². The zero-order chi connectivity index (χ0) is 12.6. The average molecular weight is 237 g/mol. The smallest absolute Gasteiger partial charge is 0.142 e. The van der Waals surface area contributed by atoms with Gasteiger partial charge in [0.1, 0.15) is 5.78 Å². The maximum atomic E-state index is 12.4. The van der Waals surface area contributed by atoms with E-state index in [9.17, 15) is 4.79 Å². The third kappa shape index (κ3) is 2.90. The highest BCUT2D eigenvalue weighted by Crippen LogP contribution is 2.38. The second-order valence-electron chi connectivity index (χ2n) is 6.85. The Hall–Kier alpha value is -0.370. The predicted octanol–water partition coefficient (Wildman–Crippen LogP) is 3.11. The third-order valence-corrected chi connectivity index (χ3v) is 4.90. The molecular formula is C15H27NO. The van der Waals surface area contributed by atoms with Crippen molar-refractivity contribution >= 4 is 5.78 Å². The minimum absolute atomic E-state index is 0.0768. The van der Waals surface area contributed by atoms with Crippen LogP contribution < -0.4 is 0 Å². The topological polar surface area (TPSA) is 20.3 Å². The molecule has 0 spiro atoms. The molecule has 2 aliphatic rings. The van der Waals surface area contributed by atoms with Gasteiger partial charge >= 0.3 is 0 Å². The molecule has 0 aromatic carbocycles. The molecule has 98 valence electrons. The Morgan fingerprint density at radius 1 is 1.35 bits per heavy atom. The molecule has 0 aromatic rings. The second-order valence-corrected chi connectivity index (χ2v) is 6.85. The molecule has 0 aliphatic heterocycles. The van der Waals surface area contributed by atoms with Crippen molar-refractivity contribution in [1.82, 2.24) is 4.90 Å². The van der Waals surface area contributed by atoms with Crippen LogP contribution in [0, 0.1) is 17.3 Å². The molecule has 0 N–H and O–H groups in total. The summed E-state index contributed by atoms with van der Waals surface area (Å²) in [5.41, 5.74) is -0.0768. The summed E-state index contributed by atoms with van der Waals surface area (Å²) >= 11 is 0. The van der Waals surface area contributed by atoms with Crippen LogP contribution in [0.15, 0.2) is 0 Å². The first-order valence-electron chi connectivity index (χ1n) is 7.16. The number of ketones is 1. The van der Waals surface area contributed by atoms with E-state index in [0.29, 0.717) is 11.8 Å². The SMILES string of the molecule is CC(C1CC1)N(C)CC1CCCC(C)(C)C1=O. The largest absolute Gasteiger partial charge is 0.303 e. The van der Waals surface area contributed by atoms with Crippen molar-refractivity contribution in [3.8, 4) is 0 Å². The van der Waals surface area contributed by atoms with E-state index < -0.39 is 0 Å². The van der Waals surface area contributed by atoms with Crippen molar-refractivity contribution in [2.45, 2.75) is 58.9 Å². The molecule has 0 saturated heterocycles. The third-order valence-electron chi connectivity index (χ3n) is 4.90. The lowest BCUT2D eigenvalue weighted by atomic mass is 9.71. The van der Waals surface area contributed by atoms with Crippen molar-refractivity contribution in [3.05, 3.63) is 0 Å². The Bertz CT molecular complexity index is 293. The van der Waals surface area contributed by atoms with Crippen LogP contribution in [-0.4, -0.2) is 30.3 Å². The van der Waals surface area contributed by atoms with Crippen LogP contribution >= 0.6 is 0 Å². The van der Waals surface area contributed by atoms with Gasteiger partial charge in [-0.2, -0.15) is 0 Å². The Labute approximate surface area is 106 Å². The van der Waals surface area contributed by atoms with E-state index >= 15 is 0 Å². The number of nitrogens with zero attached hydrogens (tertiary/aromatic N) is 1. The number of carbonyl (C=O) groups excluding carboxylic acids is 1. The molecule has 0 heterocycles. The van der Waals surface area contributed by atoms with Crippen LogP contribution in [0.2, 0.25) is 0 Å². The fraction of sp³-hybridized carbons (Fsp3) is 0.933. The fourth-order valence-corrected chi connectivity index (χ4v) is 3.22. The lowest BCUT2D eigenvalue weighted by molar-refractivity contribution is -0.135. The summed E-state index contributed by atoms with van der Waals surface area (Å²) in [5.74, 6) is 1.68. The summed E-state index contributed by atoms with van der Waals surface area (Å²) in [6, 6.07) is 0.660. The lowest BCUT2D eigenvalue weighted by Gasteiger charge is -2.36. The van der Waals surface area contributed by atoms with Crippen LogP contribution in [0.3, 0.4) is 0 Å². The Morgan fingerprint density at radius 3 is 2.59 bits per heavy atom. The molecule has 2 fully saturated rings. The van der Waals surface area contributed by atoms with Crippen LogP contribution in [0.25, 0.3) is 0 Å². The fourth-order valence-electron chi connectivity index (χ4n) is 3.22. The second kappa shape index (κ2) is 4.72. The highest BCUT2D eigenvalue weighted by molar-refractivity contribution is 5.87. The molecule has 2 atom stereocenters. The molecule has 2 nitrogen and oxygen atoms in total. The number of hydrogen-bond donors (Lipinski definition) is 0. The first kappa shape index (κ1) is 13.1. The molecule has 2 unspecified atom stereocenters. The van der Waals surface area contributed by atoms with Crippen molar-refractivity contribution in [3.63, 3.8) is 0 Å². The van der Waals surface area contributed by atoms with Crippen molar-refractivity contribution in [1.29, 1.82) is 0 Å². The van der Waals surface area contributed by atoms with E-state index in [0.717, 1.165) is 25.3 Å². The molecule has 0 amide bonds. The van der Waals surface area contributed by atoms with E-state index in [1.54, 1.807) is 0 Å². The molecule has 2 aliphatic carbocycles. The van der Waals surface area contributed by atoms with E-state index in [-0.39, 0.29) is 11.3 Å². The number of Topliss-reactive ketones (excluding diaryl/α,β-unsaturated/α-hetero) is 1. The highest BCUT2D eigenvalue weighted by atomic mass is 16.1. The van der Waals surface area contributed by atoms with Gasteiger partial charge in [0.05, 0.1) is 0 Å². The monoisotopic (exact) mass is 237 g/mol. The van der Waals surface area contributed by atoms with E-state index in [4.69, 9.17) is 0 Å². The first-order valence-corrected chi connectivity index (χ1v) is 7.16. The molecule has 17 heavy (non-hydrogen) atoms. The number of rotatable bonds is 4. The van der Waals surface area contributed by atoms with E-state index in [1.807, 2.05) is 0 Å². The zero-order valence-corrected chi connectivity index (χ0v) is 11.8. The normalized spacial score (nSPS) is 30.6. The summed E-state index contributed by atoms with van der Waals surface area (Å²) in [5, 5.41) is 0. The van der Waals surface area contributed by atoms with Crippen molar-refractivity contribution in [2.75, 3.05) is 13.6 Å². The Morgan fingerprint density at radius 2 is 2.00 bits per heavy atom. The van der Waals surface area contributed by atoms with Gasteiger partial charge in [0.15, 0.2) is 0 Å². The van der Waals surface area contributed by atoms with E-state index in [2.05, 4.69) is 32.7 Å². The lowest BCUT2D eigenvalue weighted by Crippen LogP contribution is -2.43. The van der Waals surface area contributed by atoms with Gasteiger partial charge in [-0.05, 0) is 45.6 Å². The number of carbonyl (C=O) groups is 1.